The molecule has 6 heteroatoms. The molecule has 1 unspecified atom stereocenters. The molecule has 3 rings (SSSR count). The summed E-state index contributed by atoms with van der Waals surface area (Å²) in [5.41, 5.74) is 1.41. The van der Waals surface area contributed by atoms with Gasteiger partial charge in [-0.25, -0.2) is 0 Å². The van der Waals surface area contributed by atoms with Gasteiger partial charge in [0.2, 0.25) is 5.88 Å². The second-order valence-corrected chi connectivity index (χ2v) is 5.92. The summed E-state index contributed by atoms with van der Waals surface area (Å²) in [6, 6.07) is 14.9. The van der Waals surface area contributed by atoms with E-state index in [0.717, 1.165) is 10.0 Å². The maximum absolute atomic E-state index is 10.3. The third-order valence-corrected chi connectivity index (χ3v) is 4.14. The van der Waals surface area contributed by atoms with Gasteiger partial charge < -0.3 is 10.2 Å². The molecule has 114 valence electrons. The van der Waals surface area contributed by atoms with Gasteiger partial charge in [-0.05, 0) is 17.7 Å². The number of aromatic nitrogens is 1. The highest BCUT2D eigenvalue weighted by molar-refractivity contribution is 9.10. The standard InChI is InChI=1S/C17H12BrN3O2/c18-12-6-4-11(5-7-12)14-13(10-19)16(22)20-17(23)15(14)21-8-2-1-3-9-21/h1-9,14,20H,(H-,22,23)/p+1. The van der Waals surface area contributed by atoms with Crippen molar-refractivity contribution in [1.29, 1.82) is 5.26 Å². The maximum Gasteiger partial charge on any atom is 0.262 e. The van der Waals surface area contributed by atoms with E-state index < -0.39 is 5.92 Å². The van der Waals surface area contributed by atoms with Crippen molar-refractivity contribution >= 4 is 21.6 Å². The molecule has 0 bridgehead atoms. The molecule has 1 aromatic heterocycles. The molecule has 5 nitrogen and oxygen atoms in total. The molecule has 1 aromatic carbocycles. The summed E-state index contributed by atoms with van der Waals surface area (Å²) in [7, 11) is 0. The topological polar surface area (TPSA) is 80.2 Å². The molecule has 2 aromatic rings. The third kappa shape index (κ3) is 2.79. The normalized spacial score (nSPS) is 17.7. The average Bonchev–Trinajstić information content (AvgIpc) is 2.56. The van der Waals surface area contributed by atoms with Crippen LogP contribution < -0.4 is 9.88 Å². The van der Waals surface area contributed by atoms with Gasteiger partial charge in [-0.1, -0.05) is 34.1 Å². The van der Waals surface area contributed by atoms with Crippen molar-refractivity contribution in [1.82, 2.24) is 5.32 Å². The zero-order valence-corrected chi connectivity index (χ0v) is 13.5. The summed E-state index contributed by atoms with van der Waals surface area (Å²) in [6.45, 7) is 0. The van der Waals surface area contributed by atoms with E-state index in [1.54, 1.807) is 17.0 Å². The first-order chi connectivity index (χ1) is 11.1. The number of pyridine rings is 1. The van der Waals surface area contributed by atoms with Gasteiger partial charge in [0.15, 0.2) is 12.4 Å². The predicted octanol–water partition coefficient (Wildman–Crippen LogP) is 3.10. The van der Waals surface area contributed by atoms with Crippen molar-refractivity contribution in [2.24, 2.45) is 0 Å². The van der Waals surface area contributed by atoms with Gasteiger partial charge in [-0.15, -0.1) is 0 Å². The number of nitrogens with one attached hydrogen (secondary N) is 1. The van der Waals surface area contributed by atoms with E-state index in [1.807, 2.05) is 48.5 Å². The van der Waals surface area contributed by atoms with Crippen molar-refractivity contribution in [2.75, 3.05) is 0 Å². The number of allylic oxidation sites excluding steroid dienone is 2. The fourth-order valence-corrected chi connectivity index (χ4v) is 2.85. The fraction of sp³-hybridized carbons (Fsp3) is 0.0588. The van der Waals surface area contributed by atoms with Crippen molar-refractivity contribution in [3.05, 3.63) is 82.2 Å². The molecule has 0 aliphatic carbocycles. The van der Waals surface area contributed by atoms with Gasteiger partial charge in [-0.2, -0.15) is 9.83 Å². The van der Waals surface area contributed by atoms with Crippen LogP contribution in [0.4, 0.5) is 0 Å². The lowest BCUT2D eigenvalue weighted by molar-refractivity contribution is -0.586. The lowest BCUT2D eigenvalue weighted by Crippen LogP contribution is -2.41. The van der Waals surface area contributed by atoms with Gasteiger partial charge in [0.05, 0.1) is 0 Å². The van der Waals surface area contributed by atoms with Crippen LogP contribution in [0.15, 0.2) is 76.7 Å². The summed E-state index contributed by atoms with van der Waals surface area (Å²) < 4.78 is 2.63. The highest BCUT2D eigenvalue weighted by Gasteiger charge is 2.38. The molecule has 2 heterocycles. The van der Waals surface area contributed by atoms with Crippen LogP contribution in [0.2, 0.25) is 0 Å². The Hall–Kier alpha value is -2.78. The Morgan fingerprint density at radius 3 is 2.30 bits per heavy atom. The molecular formula is C17H13BrN3O2+. The van der Waals surface area contributed by atoms with Crippen LogP contribution in [0, 0.1) is 11.3 Å². The molecule has 0 fully saturated rings. The molecule has 0 radical (unpaired) electrons. The number of halogens is 1. The van der Waals surface area contributed by atoms with E-state index in [4.69, 9.17) is 0 Å². The first-order valence-corrected chi connectivity index (χ1v) is 7.66. The number of aliphatic hydroxyl groups excluding tert-OH is 2. The van der Waals surface area contributed by atoms with Gasteiger partial charge in [0.25, 0.3) is 11.6 Å². The minimum Gasteiger partial charge on any atom is -0.494 e. The Kier molecular flexibility index (Phi) is 4.04. The average molecular weight is 371 g/mol. The number of nitrogens with zero attached hydrogens (tertiary/aromatic N) is 2. The van der Waals surface area contributed by atoms with Crippen molar-refractivity contribution < 1.29 is 14.8 Å². The Labute approximate surface area is 141 Å². The van der Waals surface area contributed by atoms with Gasteiger partial charge in [-0.3, -0.25) is 5.32 Å². The number of benzene rings is 1. The second kappa shape index (κ2) is 6.15. The van der Waals surface area contributed by atoms with Gasteiger partial charge >= 0.3 is 0 Å². The van der Waals surface area contributed by atoms with Crippen LogP contribution in [0.3, 0.4) is 0 Å². The minimum absolute atomic E-state index is 0.150. The van der Waals surface area contributed by atoms with Crippen LogP contribution in [-0.4, -0.2) is 10.2 Å². The molecule has 0 spiro atoms. The maximum atomic E-state index is 10.3. The molecule has 0 saturated heterocycles. The summed E-state index contributed by atoms with van der Waals surface area (Å²) in [5.74, 6) is -1.11. The lowest BCUT2D eigenvalue weighted by atomic mass is 9.87. The zero-order chi connectivity index (χ0) is 16.4. The molecule has 1 aliphatic heterocycles. The lowest BCUT2D eigenvalue weighted by Gasteiger charge is -2.22. The van der Waals surface area contributed by atoms with E-state index in [-0.39, 0.29) is 17.3 Å². The summed E-state index contributed by atoms with van der Waals surface area (Å²) in [4.78, 5) is 0. The molecule has 1 atom stereocenters. The quantitative estimate of drug-likeness (QED) is 0.709. The number of rotatable bonds is 2. The Morgan fingerprint density at radius 2 is 1.70 bits per heavy atom. The van der Waals surface area contributed by atoms with Crippen LogP contribution in [-0.2, 0) is 0 Å². The Morgan fingerprint density at radius 1 is 1.04 bits per heavy atom. The van der Waals surface area contributed by atoms with Crippen LogP contribution in [0.5, 0.6) is 0 Å². The van der Waals surface area contributed by atoms with Crippen LogP contribution in [0.25, 0.3) is 5.70 Å². The van der Waals surface area contributed by atoms with Gasteiger partial charge in [0, 0.05) is 16.6 Å². The van der Waals surface area contributed by atoms with E-state index >= 15 is 0 Å². The Bertz CT molecular complexity index is 836. The number of aliphatic hydroxyl groups is 2. The molecular weight excluding hydrogens is 358 g/mol. The van der Waals surface area contributed by atoms with Crippen molar-refractivity contribution in [2.45, 2.75) is 5.92 Å². The molecule has 0 saturated carbocycles. The molecule has 0 amide bonds. The van der Waals surface area contributed by atoms with E-state index in [9.17, 15) is 15.5 Å². The van der Waals surface area contributed by atoms with Gasteiger partial charge in [0.1, 0.15) is 17.6 Å². The second-order valence-electron chi connectivity index (χ2n) is 5.00. The minimum atomic E-state index is -0.582. The molecule has 1 aliphatic rings. The predicted molar refractivity (Wildman–Crippen MR) is 87.8 cm³/mol. The third-order valence-electron chi connectivity index (χ3n) is 3.61. The fourth-order valence-electron chi connectivity index (χ4n) is 2.58. The smallest absolute Gasteiger partial charge is 0.262 e. The summed E-state index contributed by atoms with van der Waals surface area (Å²) in [6.07, 6.45) is 3.55. The van der Waals surface area contributed by atoms with E-state index in [1.165, 1.54) is 0 Å². The number of hydrogen-bond donors (Lipinski definition) is 3. The highest BCUT2D eigenvalue weighted by Crippen LogP contribution is 2.36. The van der Waals surface area contributed by atoms with Crippen LogP contribution in [0.1, 0.15) is 11.5 Å². The molecule has 23 heavy (non-hydrogen) atoms. The first kappa shape index (κ1) is 15.1. The number of hydrogen-bond acceptors (Lipinski definition) is 4. The zero-order valence-electron chi connectivity index (χ0n) is 11.9. The van der Waals surface area contributed by atoms with E-state index in [2.05, 4.69) is 21.2 Å². The largest absolute Gasteiger partial charge is 0.494 e. The summed E-state index contributed by atoms with van der Waals surface area (Å²) >= 11 is 3.38. The van der Waals surface area contributed by atoms with Crippen molar-refractivity contribution in [3.63, 3.8) is 0 Å². The monoisotopic (exact) mass is 370 g/mol. The Balaban J connectivity index is 2.21. The first-order valence-electron chi connectivity index (χ1n) is 6.87. The highest BCUT2D eigenvalue weighted by atomic mass is 79.9. The number of dihydropyridines is 1. The summed E-state index contributed by atoms with van der Waals surface area (Å²) in [5, 5.41) is 32.3. The van der Waals surface area contributed by atoms with Crippen LogP contribution >= 0.6 is 15.9 Å². The van der Waals surface area contributed by atoms with Crippen molar-refractivity contribution in [3.8, 4) is 6.07 Å². The number of nitriles is 1. The van der Waals surface area contributed by atoms with E-state index in [0.29, 0.717) is 5.70 Å². The SMILES string of the molecule is N#CC1=C(O)NC(O)=C([n+]2ccccc2)C1c1ccc(Br)cc1. The molecule has 3 N–H and O–H groups in total.